The third kappa shape index (κ3) is 3.94. The number of hydrogen-bond acceptors (Lipinski definition) is 2. The first-order valence-corrected chi connectivity index (χ1v) is 14.1. The second-order valence-electron chi connectivity index (χ2n) is 10.5. The number of nitrogens with zero attached hydrogens (tertiary/aromatic N) is 3. The smallest absolute Gasteiger partial charge is 0.150 e. The van der Waals surface area contributed by atoms with Crippen LogP contribution in [0.2, 0.25) is 0 Å². The lowest BCUT2D eigenvalue weighted by Crippen LogP contribution is -2.29. The Morgan fingerprint density at radius 2 is 1.76 bits per heavy atom. The van der Waals surface area contributed by atoms with E-state index in [1.54, 1.807) is 0 Å². The van der Waals surface area contributed by atoms with E-state index in [0.29, 0.717) is 6.42 Å². The summed E-state index contributed by atoms with van der Waals surface area (Å²) in [6, 6.07) is 30.2. The normalized spacial score (nSPS) is 18.5. The van der Waals surface area contributed by atoms with E-state index in [0.717, 1.165) is 52.4 Å². The molecule has 0 aliphatic heterocycles. The molecule has 2 atom stereocenters. The van der Waals surface area contributed by atoms with Gasteiger partial charge in [-0.2, -0.15) is 10.5 Å². The first kappa shape index (κ1) is 24.5. The van der Waals surface area contributed by atoms with Crippen molar-refractivity contribution in [1.82, 2.24) is 9.55 Å². The van der Waals surface area contributed by atoms with E-state index in [1.165, 1.54) is 22.0 Å². The van der Waals surface area contributed by atoms with Gasteiger partial charge in [-0.3, -0.25) is 0 Å². The molecule has 3 aromatic carbocycles. The largest absolute Gasteiger partial charge is 0.358 e. The molecule has 2 aromatic heterocycles. The Bertz CT molecular complexity index is 1700. The van der Waals surface area contributed by atoms with Gasteiger partial charge in [-0.25, -0.2) is 0 Å². The van der Waals surface area contributed by atoms with Gasteiger partial charge in [0, 0.05) is 57.1 Å². The molecule has 38 heavy (non-hydrogen) atoms. The van der Waals surface area contributed by atoms with Crippen LogP contribution in [0.1, 0.15) is 54.5 Å². The van der Waals surface area contributed by atoms with Crippen LogP contribution in [0.25, 0.3) is 21.8 Å². The molecule has 0 bridgehead atoms. The van der Waals surface area contributed by atoms with Crippen LogP contribution >= 0.6 is 15.9 Å². The van der Waals surface area contributed by atoms with E-state index in [2.05, 4.69) is 105 Å². The summed E-state index contributed by atoms with van der Waals surface area (Å²) in [7, 11) is 0. The maximum absolute atomic E-state index is 10.4. The molecule has 6 rings (SSSR count). The summed E-state index contributed by atoms with van der Waals surface area (Å²) in [4.78, 5) is 3.75. The molecule has 0 amide bonds. The number of aromatic nitrogens is 2. The zero-order valence-electron chi connectivity index (χ0n) is 21.4. The number of rotatable bonds is 5. The van der Waals surface area contributed by atoms with Crippen molar-refractivity contribution in [2.75, 3.05) is 0 Å². The van der Waals surface area contributed by atoms with Crippen molar-refractivity contribution in [3.05, 3.63) is 106 Å². The van der Waals surface area contributed by atoms with Gasteiger partial charge in [-0.15, -0.1) is 0 Å². The van der Waals surface area contributed by atoms with Crippen LogP contribution in [0.3, 0.4) is 0 Å². The Kier molecular flexibility index (Phi) is 6.34. The van der Waals surface area contributed by atoms with Crippen molar-refractivity contribution in [2.24, 2.45) is 11.3 Å². The molecule has 1 aliphatic carbocycles. The third-order valence-electron chi connectivity index (χ3n) is 8.36. The van der Waals surface area contributed by atoms with Crippen LogP contribution in [0.5, 0.6) is 0 Å². The van der Waals surface area contributed by atoms with E-state index >= 15 is 0 Å². The van der Waals surface area contributed by atoms with Gasteiger partial charge in [0.15, 0.2) is 5.41 Å². The van der Waals surface area contributed by atoms with Crippen LogP contribution < -0.4 is 0 Å². The summed E-state index contributed by atoms with van der Waals surface area (Å²) in [5.74, 6) is 0.0119. The average Bonchev–Trinajstić information content (AvgIpc) is 3.45. The van der Waals surface area contributed by atoms with E-state index in [-0.39, 0.29) is 11.8 Å². The second kappa shape index (κ2) is 9.82. The summed E-state index contributed by atoms with van der Waals surface area (Å²) in [6.07, 6.45) is 5.29. The fourth-order valence-electron chi connectivity index (χ4n) is 6.53. The van der Waals surface area contributed by atoms with Crippen LogP contribution in [-0.4, -0.2) is 9.55 Å². The van der Waals surface area contributed by atoms with Crippen LogP contribution in [0.4, 0.5) is 0 Å². The highest BCUT2D eigenvalue weighted by atomic mass is 79.9. The highest BCUT2D eigenvalue weighted by Gasteiger charge is 2.46. The predicted molar refractivity (Wildman–Crippen MR) is 156 cm³/mol. The topological polar surface area (TPSA) is 68.3 Å². The van der Waals surface area contributed by atoms with Crippen molar-refractivity contribution in [1.29, 1.82) is 10.5 Å². The summed E-state index contributed by atoms with van der Waals surface area (Å²) >= 11 is 3.87. The fraction of sp³-hybridized carbons (Fsp3) is 0.273. The van der Waals surface area contributed by atoms with Gasteiger partial charge in [-0.1, -0.05) is 83.9 Å². The summed E-state index contributed by atoms with van der Waals surface area (Å²) in [6.45, 7) is 2.93. The van der Waals surface area contributed by atoms with Gasteiger partial charge in [-0.05, 0) is 53.6 Å². The Balaban J connectivity index is 1.60. The SMILES string of the molecule is CCC[C@@H]1C[C@H](c2cn(Cc3ccccc3)c3cccc(Br)c23)c2[nH]c3ccccc3c2CC1(C#N)C#N. The molecule has 188 valence electrons. The zero-order chi connectivity index (χ0) is 26.3. The minimum Gasteiger partial charge on any atom is -0.358 e. The number of benzene rings is 3. The minimum absolute atomic E-state index is 0.0259. The molecular formula is C33H29BrN4. The molecule has 0 saturated heterocycles. The van der Waals surface area contributed by atoms with E-state index in [4.69, 9.17) is 0 Å². The van der Waals surface area contributed by atoms with Crippen molar-refractivity contribution in [3.63, 3.8) is 0 Å². The van der Waals surface area contributed by atoms with Crippen LogP contribution in [-0.2, 0) is 13.0 Å². The summed E-state index contributed by atoms with van der Waals surface area (Å²) < 4.78 is 3.41. The Labute approximate surface area is 231 Å². The molecule has 1 aliphatic rings. The Morgan fingerprint density at radius 1 is 1.00 bits per heavy atom. The van der Waals surface area contributed by atoms with Crippen molar-refractivity contribution < 1.29 is 0 Å². The van der Waals surface area contributed by atoms with Crippen molar-refractivity contribution in [2.45, 2.75) is 45.1 Å². The number of aromatic amines is 1. The number of halogens is 1. The van der Waals surface area contributed by atoms with Gasteiger partial charge in [0.05, 0.1) is 12.1 Å². The number of H-pyrrole nitrogens is 1. The molecule has 0 unspecified atom stereocenters. The molecule has 5 aromatic rings. The number of hydrogen-bond donors (Lipinski definition) is 1. The Morgan fingerprint density at radius 3 is 2.53 bits per heavy atom. The standard InChI is InChI=1S/C33H29BrN4/c1-2-9-23-16-25(32-26(17-33(23,20-35)21-36)24-12-6-7-14-29(24)37-32)27-19-38(18-22-10-4-3-5-11-22)30-15-8-13-28(34)31(27)30/h3-8,10-15,19,23,25,37H,2,9,16-18H2,1H3/t23-,25-/m1/s1. The molecule has 1 N–H and O–H groups in total. The first-order chi connectivity index (χ1) is 18.6. The maximum Gasteiger partial charge on any atom is 0.150 e. The van der Waals surface area contributed by atoms with E-state index in [9.17, 15) is 10.5 Å². The van der Waals surface area contributed by atoms with Gasteiger partial charge >= 0.3 is 0 Å². The summed E-state index contributed by atoms with van der Waals surface area (Å²) in [5.41, 5.74) is 5.94. The predicted octanol–water partition coefficient (Wildman–Crippen LogP) is 8.46. The maximum atomic E-state index is 10.4. The zero-order valence-corrected chi connectivity index (χ0v) is 23.0. The minimum atomic E-state index is -1.05. The van der Waals surface area contributed by atoms with Crippen molar-refractivity contribution >= 4 is 37.7 Å². The van der Waals surface area contributed by atoms with Crippen LogP contribution in [0.15, 0.2) is 83.5 Å². The molecular weight excluding hydrogens is 532 g/mol. The highest BCUT2D eigenvalue weighted by molar-refractivity contribution is 9.10. The molecule has 0 radical (unpaired) electrons. The van der Waals surface area contributed by atoms with Crippen LogP contribution in [0, 0.1) is 34.0 Å². The number of nitriles is 2. The molecule has 0 spiro atoms. The monoisotopic (exact) mass is 560 g/mol. The quantitative estimate of drug-likeness (QED) is 0.219. The summed E-state index contributed by atoms with van der Waals surface area (Å²) in [5, 5.41) is 23.2. The molecule has 5 heteroatoms. The number of fused-ring (bicyclic) bond motifs is 4. The average molecular weight is 562 g/mol. The van der Waals surface area contributed by atoms with Gasteiger partial charge in [0.2, 0.25) is 0 Å². The third-order valence-corrected chi connectivity index (χ3v) is 9.02. The fourth-order valence-corrected chi connectivity index (χ4v) is 7.12. The first-order valence-electron chi connectivity index (χ1n) is 13.3. The molecule has 0 saturated carbocycles. The van der Waals surface area contributed by atoms with E-state index in [1.807, 2.05) is 18.2 Å². The Hall–Kier alpha value is -3.80. The second-order valence-corrected chi connectivity index (χ2v) is 11.4. The van der Waals surface area contributed by atoms with Gasteiger partial charge in [0.25, 0.3) is 0 Å². The molecule has 2 heterocycles. The van der Waals surface area contributed by atoms with Crippen molar-refractivity contribution in [3.8, 4) is 12.1 Å². The number of nitrogens with one attached hydrogen (secondary N) is 1. The molecule has 4 nitrogen and oxygen atoms in total. The highest BCUT2D eigenvalue weighted by Crippen LogP contribution is 2.50. The van der Waals surface area contributed by atoms with E-state index < -0.39 is 5.41 Å². The lowest BCUT2D eigenvalue weighted by molar-refractivity contribution is 0.275. The lowest BCUT2D eigenvalue weighted by atomic mass is 9.70. The lowest BCUT2D eigenvalue weighted by Gasteiger charge is -2.28. The molecule has 0 fully saturated rings. The van der Waals surface area contributed by atoms with Gasteiger partial charge in [0.1, 0.15) is 0 Å². The number of para-hydroxylation sites is 1. The van der Waals surface area contributed by atoms with Gasteiger partial charge < -0.3 is 9.55 Å².